The third kappa shape index (κ3) is 5.67. The molecule has 0 unspecified atom stereocenters. The van der Waals surface area contributed by atoms with Crippen molar-refractivity contribution in [3.63, 3.8) is 0 Å². The van der Waals surface area contributed by atoms with Gasteiger partial charge in [-0.3, -0.25) is 4.79 Å². The highest BCUT2D eigenvalue weighted by molar-refractivity contribution is 7.89. The van der Waals surface area contributed by atoms with E-state index < -0.39 is 10.0 Å². The number of rotatable bonds is 6. The van der Waals surface area contributed by atoms with Crippen LogP contribution < -0.4 is 5.73 Å². The molecule has 1 aromatic rings. The van der Waals surface area contributed by atoms with Gasteiger partial charge in [-0.25, -0.2) is 8.42 Å². The molecule has 1 aliphatic heterocycles. The molecule has 6 nitrogen and oxygen atoms in total. The molecule has 0 radical (unpaired) electrons. The molecule has 0 saturated carbocycles. The zero-order valence-electron chi connectivity index (χ0n) is 16.7. The molecular weight excluding hydrogens is 386 g/mol. The van der Waals surface area contributed by atoms with Crippen molar-refractivity contribution >= 4 is 28.3 Å². The molecule has 1 aliphatic rings. The van der Waals surface area contributed by atoms with Gasteiger partial charge in [0.15, 0.2) is 0 Å². The first-order valence-electron chi connectivity index (χ1n) is 9.15. The van der Waals surface area contributed by atoms with Crippen molar-refractivity contribution in [2.45, 2.75) is 44.9 Å². The predicted octanol–water partition coefficient (Wildman–Crippen LogP) is 2.65. The largest absolute Gasteiger partial charge is 0.341 e. The van der Waals surface area contributed by atoms with Crippen LogP contribution >= 0.6 is 12.4 Å². The van der Waals surface area contributed by atoms with Crippen molar-refractivity contribution in [1.29, 1.82) is 0 Å². The molecule has 2 N–H and O–H groups in total. The highest BCUT2D eigenvalue weighted by atomic mass is 35.5. The van der Waals surface area contributed by atoms with E-state index in [4.69, 9.17) is 5.73 Å². The van der Waals surface area contributed by atoms with Crippen LogP contribution in [-0.4, -0.2) is 56.8 Å². The molecule has 0 aliphatic carbocycles. The molecular formula is C19H32ClN3O3S. The molecule has 1 fully saturated rings. The molecule has 8 heteroatoms. The molecule has 154 valence electrons. The Morgan fingerprint density at radius 3 is 2.37 bits per heavy atom. The van der Waals surface area contributed by atoms with Crippen LogP contribution in [0.4, 0.5) is 0 Å². The second-order valence-electron chi connectivity index (χ2n) is 7.97. The molecule has 0 atom stereocenters. The minimum absolute atomic E-state index is 0. The summed E-state index contributed by atoms with van der Waals surface area (Å²) >= 11 is 0. The highest BCUT2D eigenvalue weighted by Crippen LogP contribution is 2.25. The molecule has 1 amide bonds. The van der Waals surface area contributed by atoms with E-state index in [9.17, 15) is 13.2 Å². The number of hydrogen-bond donors (Lipinski definition) is 1. The van der Waals surface area contributed by atoms with Gasteiger partial charge in [0, 0.05) is 32.2 Å². The van der Waals surface area contributed by atoms with Crippen LogP contribution in [0.15, 0.2) is 23.1 Å². The molecule has 1 heterocycles. The SMILES string of the molecule is Cc1ccc(C(=O)N(C)CC(C)(C)CN)cc1S(=O)(=O)N1CCCCC1.Cl. The number of halogens is 1. The molecule has 1 saturated heterocycles. The smallest absolute Gasteiger partial charge is 0.253 e. The third-order valence-corrected chi connectivity index (χ3v) is 6.97. The molecule has 2 rings (SSSR count). The third-order valence-electron chi connectivity index (χ3n) is 4.93. The van der Waals surface area contributed by atoms with Gasteiger partial charge < -0.3 is 10.6 Å². The number of carbonyl (C=O) groups excluding carboxylic acids is 1. The normalized spacial score (nSPS) is 15.9. The number of nitrogens with two attached hydrogens (primary N) is 1. The van der Waals surface area contributed by atoms with E-state index in [2.05, 4.69) is 0 Å². The quantitative estimate of drug-likeness (QED) is 0.771. The van der Waals surface area contributed by atoms with Gasteiger partial charge in [0.2, 0.25) is 10.0 Å². The first kappa shape index (κ1) is 23.9. The zero-order chi connectivity index (χ0) is 19.5. The van der Waals surface area contributed by atoms with Crippen molar-refractivity contribution in [1.82, 2.24) is 9.21 Å². The summed E-state index contributed by atoms with van der Waals surface area (Å²) in [6.45, 7) is 7.83. The lowest BCUT2D eigenvalue weighted by atomic mass is 9.93. The summed E-state index contributed by atoms with van der Waals surface area (Å²) < 4.78 is 27.6. The van der Waals surface area contributed by atoms with E-state index in [0.717, 1.165) is 19.3 Å². The number of nitrogens with zero attached hydrogens (tertiary/aromatic N) is 2. The molecule has 0 spiro atoms. The minimum atomic E-state index is -3.57. The van der Waals surface area contributed by atoms with Crippen molar-refractivity contribution in [2.75, 3.05) is 33.2 Å². The Bertz CT molecular complexity index is 759. The first-order valence-corrected chi connectivity index (χ1v) is 10.6. The van der Waals surface area contributed by atoms with Gasteiger partial charge in [-0.05, 0) is 49.4 Å². The zero-order valence-corrected chi connectivity index (χ0v) is 18.3. The van der Waals surface area contributed by atoms with Crippen LogP contribution in [0.1, 0.15) is 49.0 Å². The summed E-state index contributed by atoms with van der Waals surface area (Å²) in [5.74, 6) is -0.193. The second-order valence-corrected chi connectivity index (χ2v) is 9.88. The van der Waals surface area contributed by atoms with Gasteiger partial charge in [-0.2, -0.15) is 4.31 Å². The van der Waals surface area contributed by atoms with E-state index in [1.54, 1.807) is 31.0 Å². The van der Waals surface area contributed by atoms with E-state index in [-0.39, 0.29) is 28.6 Å². The monoisotopic (exact) mass is 417 g/mol. The molecule has 0 aromatic heterocycles. The van der Waals surface area contributed by atoms with Crippen LogP contribution in [0.3, 0.4) is 0 Å². The van der Waals surface area contributed by atoms with Gasteiger partial charge >= 0.3 is 0 Å². The number of hydrogen-bond acceptors (Lipinski definition) is 4. The average Bonchev–Trinajstić information content (AvgIpc) is 2.61. The van der Waals surface area contributed by atoms with E-state index in [1.807, 2.05) is 13.8 Å². The fourth-order valence-corrected chi connectivity index (χ4v) is 5.02. The number of benzene rings is 1. The number of piperidine rings is 1. The summed E-state index contributed by atoms with van der Waals surface area (Å²) in [6, 6.07) is 4.93. The summed E-state index contributed by atoms with van der Waals surface area (Å²) in [5.41, 5.74) is 6.61. The van der Waals surface area contributed by atoms with Gasteiger partial charge in [-0.15, -0.1) is 12.4 Å². The van der Waals surface area contributed by atoms with E-state index >= 15 is 0 Å². The Morgan fingerprint density at radius 1 is 1.22 bits per heavy atom. The molecule has 27 heavy (non-hydrogen) atoms. The standard InChI is InChI=1S/C19H31N3O3S.ClH/c1-15-8-9-16(18(23)21(4)14-19(2,3)13-20)12-17(15)26(24,25)22-10-6-5-7-11-22;/h8-9,12H,5-7,10-11,13-14,20H2,1-4H3;1H. The van der Waals surface area contributed by atoms with Gasteiger partial charge in [0.05, 0.1) is 4.90 Å². The van der Waals surface area contributed by atoms with Crippen molar-refractivity contribution < 1.29 is 13.2 Å². The van der Waals surface area contributed by atoms with Gasteiger partial charge in [0.25, 0.3) is 5.91 Å². The maximum absolute atomic E-state index is 13.0. The van der Waals surface area contributed by atoms with Crippen LogP contribution in [0, 0.1) is 12.3 Å². The molecule has 1 aromatic carbocycles. The number of aryl methyl sites for hydroxylation is 1. The minimum Gasteiger partial charge on any atom is -0.341 e. The Morgan fingerprint density at radius 2 is 1.81 bits per heavy atom. The maximum Gasteiger partial charge on any atom is 0.253 e. The van der Waals surface area contributed by atoms with Crippen molar-refractivity contribution in [3.8, 4) is 0 Å². The van der Waals surface area contributed by atoms with Crippen LogP contribution in [0.5, 0.6) is 0 Å². The van der Waals surface area contributed by atoms with Crippen molar-refractivity contribution in [2.24, 2.45) is 11.1 Å². The lowest BCUT2D eigenvalue weighted by molar-refractivity contribution is 0.0740. The Hall–Kier alpha value is -1.15. The van der Waals surface area contributed by atoms with Crippen molar-refractivity contribution in [3.05, 3.63) is 29.3 Å². The predicted molar refractivity (Wildman–Crippen MR) is 111 cm³/mol. The fraction of sp³-hybridized carbons (Fsp3) is 0.632. The second kappa shape index (κ2) is 9.37. The van der Waals surface area contributed by atoms with Crippen LogP contribution in [0.25, 0.3) is 0 Å². The fourth-order valence-electron chi connectivity index (χ4n) is 3.25. The molecule has 0 bridgehead atoms. The average molecular weight is 418 g/mol. The maximum atomic E-state index is 13.0. The Labute approximate surface area is 169 Å². The summed E-state index contributed by atoms with van der Waals surface area (Å²) in [6.07, 6.45) is 2.83. The Kier molecular flexibility index (Phi) is 8.29. The topological polar surface area (TPSA) is 83.7 Å². The highest BCUT2D eigenvalue weighted by Gasteiger charge is 2.29. The van der Waals surface area contributed by atoms with Gasteiger partial charge in [-0.1, -0.05) is 26.3 Å². The number of carbonyl (C=O) groups is 1. The lowest BCUT2D eigenvalue weighted by Crippen LogP contribution is -2.40. The number of sulfonamides is 1. The van der Waals surface area contributed by atoms with Gasteiger partial charge in [0.1, 0.15) is 0 Å². The summed E-state index contributed by atoms with van der Waals surface area (Å²) in [4.78, 5) is 14.6. The van der Waals surface area contributed by atoms with Crippen LogP contribution in [-0.2, 0) is 10.0 Å². The van der Waals surface area contributed by atoms with E-state index in [0.29, 0.717) is 37.3 Å². The number of amides is 1. The summed E-state index contributed by atoms with van der Waals surface area (Å²) in [5, 5.41) is 0. The first-order chi connectivity index (χ1) is 12.1. The Balaban J connectivity index is 0.00000364. The van der Waals surface area contributed by atoms with Crippen LogP contribution in [0.2, 0.25) is 0 Å². The summed E-state index contributed by atoms with van der Waals surface area (Å²) in [7, 11) is -1.85. The van der Waals surface area contributed by atoms with E-state index in [1.165, 1.54) is 10.4 Å². The lowest BCUT2D eigenvalue weighted by Gasteiger charge is -2.29.